The van der Waals surface area contributed by atoms with Crippen LogP contribution in [-0.2, 0) is 4.79 Å². The molecule has 2 N–H and O–H groups in total. The Balaban J connectivity index is 1.57. The van der Waals surface area contributed by atoms with Crippen LogP contribution in [0.15, 0.2) is 24.8 Å². The van der Waals surface area contributed by atoms with Gasteiger partial charge in [0.15, 0.2) is 0 Å². The molecule has 5 aliphatic carbocycles. The van der Waals surface area contributed by atoms with Crippen molar-refractivity contribution in [1.82, 2.24) is 0 Å². The average molecular weight is 469 g/mol. The number of carbonyl (C=O) groups is 1. The number of carboxylic acids is 1. The number of allylic oxidation sites excluding steroid dienone is 1. The molecule has 3 heteroatoms. The quantitative estimate of drug-likeness (QED) is 0.429. The summed E-state index contributed by atoms with van der Waals surface area (Å²) < 4.78 is 0. The van der Waals surface area contributed by atoms with Gasteiger partial charge in [-0.15, -0.1) is 6.58 Å². The number of aliphatic carboxylic acids is 1. The topological polar surface area (TPSA) is 57.5 Å². The predicted molar refractivity (Wildman–Crippen MR) is 137 cm³/mol. The smallest absolute Gasteiger partial charge is 0.309 e. The fraction of sp³-hybridized carbons (Fsp3) is 0.839. The van der Waals surface area contributed by atoms with Gasteiger partial charge in [0.05, 0.1) is 11.5 Å². The Hall–Kier alpha value is -1.09. The summed E-state index contributed by atoms with van der Waals surface area (Å²) in [5.41, 5.74) is 1.00. The maximum atomic E-state index is 12.8. The summed E-state index contributed by atoms with van der Waals surface area (Å²) in [6, 6.07) is 0. The van der Waals surface area contributed by atoms with Crippen LogP contribution in [0.4, 0.5) is 0 Å². The standard InChI is InChI=1S/C31H48O3/c1-8-27(4)22-12-15-30(7)23(28(22,5)14-13-24(27)32)10-9-21-25-20(19(2)3)11-16-31(25,26(33)34)18-17-29(21,30)6/h8,20-25,32H,1-2,9-18H2,3-7H3,(H,33,34)/t20-,21?,22?,23?,24-,25?,27-,28-,29+,30+,31-/m0/s1. The highest BCUT2D eigenvalue weighted by atomic mass is 16.4. The van der Waals surface area contributed by atoms with Crippen molar-refractivity contribution in [2.75, 3.05) is 0 Å². The van der Waals surface area contributed by atoms with Crippen molar-refractivity contribution in [3.05, 3.63) is 24.8 Å². The predicted octanol–water partition coefficient (Wildman–Crippen LogP) is 7.26. The van der Waals surface area contributed by atoms with Crippen LogP contribution >= 0.6 is 0 Å². The van der Waals surface area contributed by atoms with E-state index in [2.05, 4.69) is 53.9 Å². The van der Waals surface area contributed by atoms with Gasteiger partial charge in [-0.1, -0.05) is 45.9 Å². The first-order valence-electron chi connectivity index (χ1n) is 14.0. The molecule has 0 aromatic carbocycles. The lowest BCUT2D eigenvalue weighted by Crippen LogP contribution is -2.67. The summed E-state index contributed by atoms with van der Waals surface area (Å²) in [4.78, 5) is 12.8. The molecular weight excluding hydrogens is 420 g/mol. The van der Waals surface area contributed by atoms with E-state index in [-0.39, 0.29) is 33.7 Å². The lowest BCUT2D eigenvalue weighted by atomic mass is 9.32. The second-order valence-corrected chi connectivity index (χ2v) is 14.3. The largest absolute Gasteiger partial charge is 0.481 e. The van der Waals surface area contributed by atoms with Gasteiger partial charge in [0.1, 0.15) is 0 Å². The molecule has 0 spiro atoms. The monoisotopic (exact) mass is 468 g/mol. The van der Waals surface area contributed by atoms with Crippen molar-refractivity contribution < 1.29 is 15.0 Å². The van der Waals surface area contributed by atoms with E-state index in [0.29, 0.717) is 23.7 Å². The molecule has 3 nitrogen and oxygen atoms in total. The maximum absolute atomic E-state index is 12.8. The highest BCUT2D eigenvalue weighted by Crippen LogP contribution is 2.77. The highest BCUT2D eigenvalue weighted by molar-refractivity contribution is 5.76. The van der Waals surface area contributed by atoms with Crippen molar-refractivity contribution >= 4 is 5.97 Å². The number of hydrogen-bond donors (Lipinski definition) is 2. The Bertz CT molecular complexity index is 908. The molecule has 0 aliphatic heterocycles. The molecule has 0 amide bonds. The lowest BCUT2D eigenvalue weighted by molar-refractivity contribution is -0.244. The van der Waals surface area contributed by atoms with Crippen molar-refractivity contribution in [3.8, 4) is 0 Å². The van der Waals surface area contributed by atoms with Crippen molar-refractivity contribution in [2.24, 2.45) is 56.7 Å². The number of carboxylic acid groups (broad SMARTS) is 1. The second-order valence-electron chi connectivity index (χ2n) is 14.3. The normalized spacial score (nSPS) is 56.4. The van der Waals surface area contributed by atoms with E-state index in [1.807, 2.05) is 0 Å². The van der Waals surface area contributed by atoms with E-state index in [0.717, 1.165) is 51.4 Å². The zero-order valence-corrected chi connectivity index (χ0v) is 22.3. The minimum absolute atomic E-state index is 0.159. The Morgan fingerprint density at radius 3 is 2.21 bits per heavy atom. The summed E-state index contributed by atoms with van der Waals surface area (Å²) in [5.74, 6) is 1.58. The van der Waals surface area contributed by atoms with E-state index in [1.54, 1.807) is 0 Å². The number of aliphatic hydroxyl groups is 1. The van der Waals surface area contributed by atoms with Crippen molar-refractivity contribution in [1.29, 1.82) is 0 Å². The van der Waals surface area contributed by atoms with Crippen molar-refractivity contribution in [3.63, 3.8) is 0 Å². The van der Waals surface area contributed by atoms with Gasteiger partial charge in [-0.3, -0.25) is 4.79 Å². The summed E-state index contributed by atoms with van der Waals surface area (Å²) in [6.07, 6.45) is 12.1. The van der Waals surface area contributed by atoms with Crippen LogP contribution in [0.1, 0.15) is 98.8 Å². The van der Waals surface area contributed by atoms with Crippen LogP contribution in [0.3, 0.4) is 0 Å². The zero-order chi connectivity index (χ0) is 24.9. The molecule has 34 heavy (non-hydrogen) atoms. The molecule has 0 aromatic heterocycles. The van der Waals surface area contributed by atoms with Gasteiger partial charge in [-0.2, -0.15) is 0 Å². The van der Waals surface area contributed by atoms with Crippen LogP contribution < -0.4 is 0 Å². The molecule has 0 saturated heterocycles. The summed E-state index contributed by atoms with van der Waals surface area (Å²) in [5, 5.41) is 21.5. The third kappa shape index (κ3) is 2.72. The van der Waals surface area contributed by atoms with E-state index < -0.39 is 11.4 Å². The molecule has 0 radical (unpaired) electrons. The number of hydrogen-bond acceptors (Lipinski definition) is 2. The SMILES string of the molecule is C=C[C@@]1(C)C2CC[C@]3(C)C(CCC4C5[C@H](C(=C)C)CC[C@]5(C(=O)O)CC[C@]43C)[C@@]2(C)CC[C@@H]1O. The fourth-order valence-corrected chi connectivity index (χ4v) is 11.5. The van der Waals surface area contributed by atoms with Crippen LogP contribution in [0.25, 0.3) is 0 Å². The number of rotatable bonds is 3. The van der Waals surface area contributed by atoms with E-state index in [9.17, 15) is 15.0 Å². The second kappa shape index (κ2) is 7.46. The average Bonchev–Trinajstić information content (AvgIpc) is 3.18. The van der Waals surface area contributed by atoms with Gasteiger partial charge >= 0.3 is 5.97 Å². The van der Waals surface area contributed by atoms with Gasteiger partial charge in [-0.25, -0.2) is 0 Å². The minimum Gasteiger partial charge on any atom is -0.481 e. The van der Waals surface area contributed by atoms with Gasteiger partial charge < -0.3 is 10.2 Å². The van der Waals surface area contributed by atoms with Gasteiger partial charge in [0, 0.05) is 5.41 Å². The molecule has 5 aliphatic rings. The Morgan fingerprint density at radius 2 is 1.59 bits per heavy atom. The Kier molecular flexibility index (Phi) is 5.40. The molecular formula is C31H48O3. The molecule has 4 unspecified atom stereocenters. The molecule has 5 saturated carbocycles. The van der Waals surface area contributed by atoms with Gasteiger partial charge in [-0.05, 0) is 117 Å². The summed E-state index contributed by atoms with van der Waals surface area (Å²) in [7, 11) is 0. The van der Waals surface area contributed by atoms with Gasteiger partial charge in [0.2, 0.25) is 0 Å². The first-order chi connectivity index (χ1) is 15.8. The fourth-order valence-electron chi connectivity index (χ4n) is 11.5. The first kappa shape index (κ1) is 24.6. The van der Waals surface area contributed by atoms with Crippen LogP contribution in [0.2, 0.25) is 0 Å². The van der Waals surface area contributed by atoms with Crippen LogP contribution in [0.5, 0.6) is 0 Å². The zero-order valence-electron chi connectivity index (χ0n) is 22.3. The minimum atomic E-state index is -0.547. The first-order valence-corrected chi connectivity index (χ1v) is 14.0. The molecule has 190 valence electrons. The summed E-state index contributed by atoms with van der Waals surface area (Å²) >= 11 is 0. The third-order valence-electron chi connectivity index (χ3n) is 13.6. The van der Waals surface area contributed by atoms with Crippen LogP contribution in [-0.4, -0.2) is 22.3 Å². The number of fused-ring (bicyclic) bond motifs is 7. The van der Waals surface area contributed by atoms with Gasteiger partial charge in [0.25, 0.3) is 0 Å². The molecule has 0 heterocycles. The van der Waals surface area contributed by atoms with Crippen LogP contribution in [0, 0.1) is 56.7 Å². The lowest BCUT2D eigenvalue weighted by Gasteiger charge is -2.72. The van der Waals surface area contributed by atoms with E-state index >= 15 is 0 Å². The summed E-state index contributed by atoms with van der Waals surface area (Å²) in [6.45, 7) is 20.6. The van der Waals surface area contributed by atoms with E-state index in [1.165, 1.54) is 18.4 Å². The highest BCUT2D eigenvalue weighted by Gasteiger charge is 2.72. The molecule has 11 atom stereocenters. The third-order valence-corrected chi connectivity index (χ3v) is 13.6. The molecule has 5 rings (SSSR count). The molecule has 0 aromatic rings. The molecule has 0 bridgehead atoms. The Morgan fingerprint density at radius 1 is 0.882 bits per heavy atom. The van der Waals surface area contributed by atoms with Crippen molar-refractivity contribution in [2.45, 2.75) is 105 Å². The maximum Gasteiger partial charge on any atom is 0.309 e. The molecule has 5 fully saturated rings. The van der Waals surface area contributed by atoms with E-state index in [4.69, 9.17) is 0 Å². The Labute approximate surface area is 207 Å². The number of aliphatic hydroxyl groups excluding tert-OH is 1.